The summed E-state index contributed by atoms with van der Waals surface area (Å²) in [5.41, 5.74) is 1.78. The van der Waals surface area contributed by atoms with Crippen molar-refractivity contribution >= 4 is 11.6 Å². The summed E-state index contributed by atoms with van der Waals surface area (Å²) in [5.74, 6) is 0.750. The van der Waals surface area contributed by atoms with Crippen LogP contribution >= 0.6 is 0 Å². The third-order valence-corrected chi connectivity index (χ3v) is 4.95. The molecule has 1 aromatic rings. The molecule has 1 aliphatic carbocycles. The summed E-state index contributed by atoms with van der Waals surface area (Å²) in [4.78, 5) is 19.1. The van der Waals surface area contributed by atoms with Gasteiger partial charge in [-0.15, -0.1) is 0 Å². The van der Waals surface area contributed by atoms with Crippen LogP contribution in [-0.4, -0.2) is 30.0 Å². The zero-order valence-corrected chi connectivity index (χ0v) is 13.6. The molecule has 4 nitrogen and oxygen atoms in total. The Labute approximate surface area is 133 Å². The number of amides is 1. The summed E-state index contributed by atoms with van der Waals surface area (Å²) in [7, 11) is 0. The van der Waals surface area contributed by atoms with Gasteiger partial charge in [0.15, 0.2) is 0 Å². The molecule has 1 atom stereocenters. The highest BCUT2D eigenvalue weighted by atomic mass is 16.1. The fraction of sp³-hybridized carbons (Fsp3) is 0.667. The lowest BCUT2D eigenvalue weighted by atomic mass is 9.95. The van der Waals surface area contributed by atoms with Crippen LogP contribution in [-0.2, 0) is 0 Å². The van der Waals surface area contributed by atoms with Crippen LogP contribution in [0.5, 0.6) is 0 Å². The van der Waals surface area contributed by atoms with Crippen molar-refractivity contribution in [2.75, 3.05) is 18.0 Å². The maximum atomic E-state index is 12.4. The van der Waals surface area contributed by atoms with Crippen molar-refractivity contribution in [3.8, 4) is 0 Å². The minimum absolute atomic E-state index is 0.0336. The number of aromatic nitrogens is 1. The first-order valence-electron chi connectivity index (χ1n) is 8.73. The predicted molar refractivity (Wildman–Crippen MR) is 89.2 cm³/mol. The zero-order chi connectivity index (χ0) is 15.4. The number of nitrogens with one attached hydrogen (secondary N) is 1. The molecule has 3 rings (SSSR count). The van der Waals surface area contributed by atoms with Gasteiger partial charge in [0.25, 0.3) is 5.91 Å². The van der Waals surface area contributed by atoms with Crippen molar-refractivity contribution in [2.45, 2.75) is 57.9 Å². The number of carbonyl (C=O) groups is 1. The van der Waals surface area contributed by atoms with E-state index in [2.05, 4.69) is 22.1 Å². The van der Waals surface area contributed by atoms with E-state index in [1.807, 2.05) is 12.3 Å². The van der Waals surface area contributed by atoms with E-state index in [0.717, 1.165) is 31.6 Å². The number of anilines is 1. The molecule has 1 N–H and O–H groups in total. The lowest BCUT2D eigenvalue weighted by molar-refractivity contribution is 0.0927. The molecular formula is C18H27N3O. The fourth-order valence-electron chi connectivity index (χ4n) is 3.66. The summed E-state index contributed by atoms with van der Waals surface area (Å²) in [5, 5.41) is 3.18. The van der Waals surface area contributed by atoms with Gasteiger partial charge in [0.1, 0.15) is 0 Å². The van der Waals surface area contributed by atoms with Crippen LogP contribution in [0.15, 0.2) is 18.5 Å². The maximum absolute atomic E-state index is 12.4. The van der Waals surface area contributed by atoms with Gasteiger partial charge in [-0.05, 0) is 37.7 Å². The van der Waals surface area contributed by atoms with Crippen LogP contribution in [0.3, 0.4) is 0 Å². The van der Waals surface area contributed by atoms with Crippen molar-refractivity contribution in [1.29, 1.82) is 0 Å². The molecule has 2 aliphatic rings. The van der Waals surface area contributed by atoms with Gasteiger partial charge in [-0.1, -0.05) is 26.2 Å². The third-order valence-electron chi connectivity index (χ3n) is 4.95. The molecule has 1 aliphatic heterocycles. The molecule has 0 bridgehead atoms. The zero-order valence-electron chi connectivity index (χ0n) is 13.6. The Morgan fingerprint density at radius 3 is 2.77 bits per heavy atom. The smallest absolute Gasteiger partial charge is 0.253 e. The second-order valence-corrected chi connectivity index (χ2v) is 6.93. The highest BCUT2D eigenvalue weighted by Crippen LogP contribution is 2.23. The molecule has 4 heteroatoms. The van der Waals surface area contributed by atoms with Gasteiger partial charge in [-0.25, -0.2) is 0 Å². The normalized spacial score (nSPS) is 23.3. The van der Waals surface area contributed by atoms with Crippen molar-refractivity contribution < 1.29 is 4.79 Å². The maximum Gasteiger partial charge on any atom is 0.253 e. The minimum Gasteiger partial charge on any atom is -0.370 e. The van der Waals surface area contributed by atoms with Crippen LogP contribution in [0, 0.1) is 5.92 Å². The Kier molecular flexibility index (Phi) is 4.96. The molecule has 1 amide bonds. The van der Waals surface area contributed by atoms with E-state index < -0.39 is 0 Å². The molecular weight excluding hydrogens is 274 g/mol. The van der Waals surface area contributed by atoms with Gasteiger partial charge in [-0.3, -0.25) is 9.78 Å². The standard InChI is InChI=1S/C18H27N3O/c1-14-6-5-9-21(13-14)17-10-15(11-19-12-17)18(22)20-16-7-3-2-4-8-16/h10-12,14,16H,2-9,13H2,1H3,(H,20,22). The molecule has 0 aromatic carbocycles. The van der Waals surface area contributed by atoms with E-state index in [-0.39, 0.29) is 5.91 Å². The van der Waals surface area contributed by atoms with Crippen molar-refractivity contribution in [3.05, 3.63) is 24.0 Å². The molecule has 120 valence electrons. The van der Waals surface area contributed by atoms with Crippen LogP contribution in [0.25, 0.3) is 0 Å². The van der Waals surface area contributed by atoms with E-state index in [1.165, 1.54) is 32.1 Å². The molecule has 22 heavy (non-hydrogen) atoms. The highest BCUT2D eigenvalue weighted by molar-refractivity contribution is 5.94. The van der Waals surface area contributed by atoms with E-state index in [1.54, 1.807) is 6.20 Å². The molecule has 1 saturated carbocycles. The molecule has 2 fully saturated rings. The van der Waals surface area contributed by atoms with Crippen molar-refractivity contribution in [2.24, 2.45) is 5.92 Å². The number of hydrogen-bond donors (Lipinski definition) is 1. The Balaban J connectivity index is 1.66. The van der Waals surface area contributed by atoms with Gasteiger partial charge in [-0.2, -0.15) is 0 Å². The Bertz CT molecular complexity index is 511. The number of hydrogen-bond acceptors (Lipinski definition) is 3. The van der Waals surface area contributed by atoms with Gasteiger partial charge in [0, 0.05) is 25.3 Å². The second kappa shape index (κ2) is 7.12. The molecule has 2 heterocycles. The number of piperidine rings is 1. The average molecular weight is 301 g/mol. The van der Waals surface area contributed by atoms with E-state index in [0.29, 0.717) is 17.5 Å². The van der Waals surface area contributed by atoms with Crippen LogP contribution in [0.4, 0.5) is 5.69 Å². The molecule has 0 spiro atoms. The number of pyridine rings is 1. The number of carbonyl (C=O) groups excluding carboxylic acids is 1. The van der Waals surface area contributed by atoms with Crippen LogP contribution in [0.2, 0.25) is 0 Å². The monoisotopic (exact) mass is 301 g/mol. The predicted octanol–water partition coefficient (Wildman–Crippen LogP) is 3.38. The topological polar surface area (TPSA) is 45.2 Å². The summed E-state index contributed by atoms with van der Waals surface area (Å²) < 4.78 is 0. The average Bonchev–Trinajstić information content (AvgIpc) is 2.56. The van der Waals surface area contributed by atoms with E-state index >= 15 is 0 Å². The van der Waals surface area contributed by atoms with Gasteiger partial charge >= 0.3 is 0 Å². The Morgan fingerprint density at radius 2 is 2.00 bits per heavy atom. The van der Waals surface area contributed by atoms with E-state index in [4.69, 9.17) is 0 Å². The molecule has 0 radical (unpaired) electrons. The third kappa shape index (κ3) is 3.79. The van der Waals surface area contributed by atoms with Gasteiger partial charge in [0.05, 0.1) is 17.4 Å². The first-order chi connectivity index (χ1) is 10.7. The van der Waals surface area contributed by atoms with Gasteiger partial charge in [0.2, 0.25) is 0 Å². The summed E-state index contributed by atoms with van der Waals surface area (Å²) >= 11 is 0. The highest BCUT2D eigenvalue weighted by Gasteiger charge is 2.20. The Hall–Kier alpha value is -1.58. The fourth-order valence-corrected chi connectivity index (χ4v) is 3.66. The molecule has 1 saturated heterocycles. The first-order valence-corrected chi connectivity index (χ1v) is 8.73. The summed E-state index contributed by atoms with van der Waals surface area (Å²) in [6.07, 6.45) is 12.1. The van der Waals surface area contributed by atoms with Gasteiger partial charge < -0.3 is 10.2 Å². The summed E-state index contributed by atoms with van der Waals surface area (Å²) in [6.45, 7) is 4.42. The minimum atomic E-state index is 0.0336. The summed E-state index contributed by atoms with van der Waals surface area (Å²) in [6, 6.07) is 2.35. The van der Waals surface area contributed by atoms with Crippen LogP contribution in [0.1, 0.15) is 62.2 Å². The molecule has 1 aromatic heterocycles. The number of rotatable bonds is 3. The van der Waals surface area contributed by atoms with Crippen molar-refractivity contribution in [1.82, 2.24) is 10.3 Å². The lowest BCUT2D eigenvalue weighted by Crippen LogP contribution is -2.37. The SMILES string of the molecule is CC1CCCN(c2cncc(C(=O)NC3CCCCC3)c2)C1. The van der Waals surface area contributed by atoms with Crippen molar-refractivity contribution in [3.63, 3.8) is 0 Å². The molecule has 1 unspecified atom stereocenters. The lowest BCUT2D eigenvalue weighted by Gasteiger charge is -2.32. The largest absolute Gasteiger partial charge is 0.370 e. The quantitative estimate of drug-likeness (QED) is 0.931. The van der Waals surface area contributed by atoms with Crippen LogP contribution < -0.4 is 10.2 Å². The number of nitrogens with zero attached hydrogens (tertiary/aromatic N) is 2. The van der Waals surface area contributed by atoms with E-state index in [9.17, 15) is 4.79 Å². The first kappa shape index (κ1) is 15.3. The Morgan fingerprint density at radius 1 is 1.18 bits per heavy atom. The second-order valence-electron chi connectivity index (χ2n) is 6.93.